The number of nitrogens with one attached hydrogen (secondary N) is 1. The van der Waals surface area contributed by atoms with E-state index in [0.717, 1.165) is 23.9 Å². The number of benzene rings is 2. The van der Waals surface area contributed by atoms with Crippen LogP contribution in [0.25, 0.3) is 11.5 Å². The average molecular weight is 348 g/mol. The molecule has 1 fully saturated rings. The molecule has 1 aromatic heterocycles. The Bertz CT molecular complexity index is 818. The summed E-state index contributed by atoms with van der Waals surface area (Å²) >= 11 is 0. The third-order valence-corrected chi connectivity index (χ3v) is 5.35. The summed E-state index contributed by atoms with van der Waals surface area (Å²) in [6.07, 6.45) is 3.73. The Morgan fingerprint density at radius 3 is 2.42 bits per heavy atom. The Morgan fingerprint density at radius 2 is 1.69 bits per heavy atom. The van der Waals surface area contributed by atoms with Gasteiger partial charge in [-0.1, -0.05) is 48.0 Å². The maximum atomic E-state index is 5.89. The van der Waals surface area contributed by atoms with Gasteiger partial charge < -0.3 is 9.32 Å². The van der Waals surface area contributed by atoms with E-state index in [4.69, 9.17) is 4.42 Å². The molecule has 0 radical (unpaired) electrons. The summed E-state index contributed by atoms with van der Waals surface area (Å²) in [5, 5.41) is 8.48. The molecule has 3 aromatic rings. The maximum absolute atomic E-state index is 5.89. The van der Waals surface area contributed by atoms with E-state index in [2.05, 4.69) is 59.6 Å². The summed E-state index contributed by atoms with van der Waals surface area (Å²) in [4.78, 5) is 1.55. The summed E-state index contributed by atoms with van der Waals surface area (Å²) in [5.41, 5.74) is 3.68. The van der Waals surface area contributed by atoms with Crippen LogP contribution in [-0.4, -0.2) is 23.3 Å². The molecule has 1 aliphatic rings. The van der Waals surface area contributed by atoms with E-state index >= 15 is 0 Å². The molecule has 4 rings (SSSR count). The third-order valence-electron chi connectivity index (χ3n) is 5.35. The topological polar surface area (TPSA) is 43.4 Å². The van der Waals surface area contributed by atoms with Crippen molar-refractivity contribution in [3.05, 3.63) is 71.6 Å². The Kier molecular flexibility index (Phi) is 5.12. The summed E-state index contributed by atoms with van der Waals surface area (Å²) < 4.78 is 5.89. The normalized spacial score (nSPS) is 20.2. The minimum atomic E-state index is 0.623. The molecule has 2 aromatic carbocycles. The van der Waals surface area contributed by atoms with Gasteiger partial charge in [-0.15, -0.1) is 10.2 Å². The van der Waals surface area contributed by atoms with Gasteiger partial charge in [-0.05, 0) is 49.8 Å². The van der Waals surface area contributed by atoms with Crippen molar-refractivity contribution in [2.24, 2.45) is 5.92 Å². The summed E-state index contributed by atoms with van der Waals surface area (Å²) in [5.74, 6) is 2.17. The first kappa shape index (κ1) is 17.0. The molecular weight excluding hydrogens is 322 g/mol. The van der Waals surface area contributed by atoms with E-state index in [-0.39, 0.29) is 0 Å². The van der Waals surface area contributed by atoms with Gasteiger partial charge >= 0.3 is 0 Å². The van der Waals surface area contributed by atoms with E-state index in [1.54, 1.807) is 4.90 Å². The molecule has 1 N–H and O–H groups in total. The Labute approximate surface area is 154 Å². The van der Waals surface area contributed by atoms with Crippen molar-refractivity contribution in [2.75, 3.05) is 13.1 Å². The van der Waals surface area contributed by atoms with Gasteiger partial charge in [-0.2, -0.15) is 0 Å². The van der Waals surface area contributed by atoms with Crippen molar-refractivity contribution in [2.45, 2.75) is 32.7 Å². The van der Waals surface area contributed by atoms with E-state index in [9.17, 15) is 0 Å². The second-order valence-corrected chi connectivity index (χ2v) is 7.43. The minimum absolute atomic E-state index is 0.623. The lowest BCUT2D eigenvalue weighted by atomic mass is 9.90. The summed E-state index contributed by atoms with van der Waals surface area (Å²) in [6.45, 7) is 5.27. The fourth-order valence-corrected chi connectivity index (χ4v) is 3.77. The molecule has 0 amide bonds. The lowest BCUT2D eigenvalue weighted by Crippen LogP contribution is -3.11. The smallest absolute Gasteiger partial charge is 0.271 e. The number of nitrogens with zero attached hydrogens (tertiary/aromatic N) is 2. The van der Waals surface area contributed by atoms with Crippen LogP contribution in [0.3, 0.4) is 0 Å². The number of piperidine rings is 1. The van der Waals surface area contributed by atoms with Crippen molar-refractivity contribution >= 4 is 0 Å². The van der Waals surface area contributed by atoms with Gasteiger partial charge in [0.1, 0.15) is 0 Å². The highest BCUT2D eigenvalue weighted by Crippen LogP contribution is 2.19. The fraction of sp³-hybridized carbons (Fsp3) is 0.364. The zero-order valence-corrected chi connectivity index (χ0v) is 15.3. The van der Waals surface area contributed by atoms with Crippen molar-refractivity contribution in [1.29, 1.82) is 0 Å². The van der Waals surface area contributed by atoms with Crippen molar-refractivity contribution in [3.8, 4) is 11.5 Å². The van der Waals surface area contributed by atoms with Crippen molar-refractivity contribution < 1.29 is 9.32 Å². The van der Waals surface area contributed by atoms with Gasteiger partial charge in [0.15, 0.2) is 6.54 Å². The van der Waals surface area contributed by atoms with Crippen LogP contribution in [0.15, 0.2) is 59.0 Å². The summed E-state index contributed by atoms with van der Waals surface area (Å²) in [6, 6.07) is 19.1. The molecule has 0 spiro atoms. The van der Waals surface area contributed by atoms with Gasteiger partial charge in [0.05, 0.1) is 13.1 Å². The summed E-state index contributed by atoms with van der Waals surface area (Å²) in [7, 11) is 0. The maximum Gasteiger partial charge on any atom is 0.271 e. The van der Waals surface area contributed by atoms with Crippen LogP contribution in [0.5, 0.6) is 0 Å². The monoisotopic (exact) mass is 348 g/mol. The van der Waals surface area contributed by atoms with Gasteiger partial charge in [-0.3, -0.25) is 0 Å². The molecule has 1 aliphatic heterocycles. The highest BCUT2D eigenvalue weighted by Gasteiger charge is 2.24. The molecule has 0 saturated carbocycles. The first-order valence-electron chi connectivity index (χ1n) is 9.53. The molecule has 134 valence electrons. The second-order valence-electron chi connectivity index (χ2n) is 7.43. The van der Waals surface area contributed by atoms with Crippen molar-refractivity contribution in [1.82, 2.24) is 10.2 Å². The number of quaternary nitrogens is 1. The first-order chi connectivity index (χ1) is 12.8. The number of rotatable bonds is 5. The van der Waals surface area contributed by atoms with Gasteiger partial charge in [-0.25, -0.2) is 0 Å². The number of aryl methyl sites for hydroxylation is 1. The highest BCUT2D eigenvalue weighted by atomic mass is 16.4. The van der Waals surface area contributed by atoms with Crippen LogP contribution in [0.2, 0.25) is 0 Å². The number of hydrogen-bond donors (Lipinski definition) is 1. The predicted octanol–water partition coefficient (Wildman–Crippen LogP) is 3.08. The lowest BCUT2D eigenvalue weighted by Gasteiger charge is -2.28. The highest BCUT2D eigenvalue weighted by molar-refractivity contribution is 5.52. The van der Waals surface area contributed by atoms with Gasteiger partial charge in [0.25, 0.3) is 5.89 Å². The first-order valence-corrected chi connectivity index (χ1v) is 9.53. The Morgan fingerprint density at radius 1 is 0.962 bits per heavy atom. The van der Waals surface area contributed by atoms with Gasteiger partial charge in [0, 0.05) is 5.56 Å². The largest absolute Gasteiger partial charge is 0.415 e. The predicted molar refractivity (Wildman–Crippen MR) is 102 cm³/mol. The molecule has 0 atom stereocenters. The number of likely N-dealkylation sites (tertiary alicyclic amines) is 1. The van der Waals surface area contributed by atoms with E-state index in [0.29, 0.717) is 5.89 Å². The third kappa shape index (κ3) is 4.20. The average Bonchev–Trinajstić information content (AvgIpc) is 3.13. The molecular formula is C22H26N3O+. The van der Waals surface area contributed by atoms with Crippen LogP contribution < -0.4 is 4.90 Å². The second kappa shape index (κ2) is 7.83. The molecule has 1 saturated heterocycles. The molecule has 4 nitrogen and oxygen atoms in total. The SMILES string of the molecule is Cc1ccc(-c2nnc(C[NH+]3CCC(Cc4ccccc4)CC3)o2)cc1. The molecule has 26 heavy (non-hydrogen) atoms. The zero-order chi connectivity index (χ0) is 17.8. The molecule has 2 heterocycles. The van der Waals surface area contributed by atoms with E-state index in [1.165, 1.54) is 43.5 Å². The zero-order valence-electron chi connectivity index (χ0n) is 15.3. The van der Waals surface area contributed by atoms with Crippen LogP contribution >= 0.6 is 0 Å². The van der Waals surface area contributed by atoms with Gasteiger partial charge in [0.2, 0.25) is 5.89 Å². The van der Waals surface area contributed by atoms with Crippen LogP contribution in [-0.2, 0) is 13.0 Å². The molecule has 0 aliphatic carbocycles. The lowest BCUT2D eigenvalue weighted by molar-refractivity contribution is -0.921. The van der Waals surface area contributed by atoms with Crippen molar-refractivity contribution in [3.63, 3.8) is 0 Å². The Hall–Kier alpha value is -2.46. The molecule has 0 unspecified atom stereocenters. The standard InChI is InChI=1S/C22H25N3O/c1-17-7-9-20(10-8-17)22-24-23-21(26-22)16-25-13-11-19(12-14-25)15-18-5-3-2-4-6-18/h2-10,19H,11-16H2,1H3/p+1. The molecule has 0 bridgehead atoms. The number of aromatic nitrogens is 2. The van der Waals surface area contributed by atoms with Crippen LogP contribution in [0, 0.1) is 12.8 Å². The minimum Gasteiger partial charge on any atom is -0.415 e. The van der Waals surface area contributed by atoms with E-state index < -0.39 is 0 Å². The quantitative estimate of drug-likeness (QED) is 0.771. The fourth-order valence-electron chi connectivity index (χ4n) is 3.77. The van der Waals surface area contributed by atoms with Crippen LogP contribution in [0.1, 0.15) is 29.9 Å². The van der Waals surface area contributed by atoms with E-state index in [1.807, 2.05) is 12.1 Å². The Balaban J connectivity index is 1.30. The van der Waals surface area contributed by atoms with Crippen LogP contribution in [0.4, 0.5) is 0 Å². The molecule has 4 heteroatoms. The number of hydrogen-bond acceptors (Lipinski definition) is 3.